The van der Waals surface area contributed by atoms with Gasteiger partial charge in [-0.3, -0.25) is 9.59 Å². The second kappa shape index (κ2) is 10.0. The summed E-state index contributed by atoms with van der Waals surface area (Å²) in [5.41, 5.74) is 9.75. The standard InChI is InChI=1S/C27H29N3O3S/c1-27(2,28)26(33)29-24-25(32)30(16-20-7-4-6-10-23(20)34-24)15-18-11-13-19(14-12-18)22-9-5-3-8-21(22)17-31/h3-14,24,31H,15-17,28H2,1-2H3,(H,29,33)/t24-/m1/s1. The van der Waals surface area contributed by atoms with E-state index in [0.29, 0.717) is 13.1 Å². The molecule has 0 saturated heterocycles. The van der Waals surface area contributed by atoms with Crippen LogP contribution in [0.25, 0.3) is 11.1 Å². The second-order valence-electron chi connectivity index (χ2n) is 9.01. The molecule has 1 heterocycles. The highest BCUT2D eigenvalue weighted by molar-refractivity contribution is 8.00. The van der Waals surface area contributed by atoms with Crippen molar-refractivity contribution in [1.82, 2.24) is 10.2 Å². The van der Waals surface area contributed by atoms with Crippen LogP contribution < -0.4 is 11.1 Å². The number of aliphatic hydroxyl groups is 1. The molecule has 0 radical (unpaired) electrons. The highest BCUT2D eigenvalue weighted by atomic mass is 32.2. The Bertz CT molecular complexity index is 1190. The van der Waals surface area contributed by atoms with Crippen LogP contribution in [0.3, 0.4) is 0 Å². The number of benzene rings is 3. The van der Waals surface area contributed by atoms with E-state index in [-0.39, 0.29) is 18.4 Å². The number of carbonyl (C=O) groups excluding carboxylic acids is 2. The molecule has 0 aliphatic carbocycles. The van der Waals surface area contributed by atoms with E-state index in [1.54, 1.807) is 18.7 Å². The van der Waals surface area contributed by atoms with Crippen LogP contribution in [0.5, 0.6) is 0 Å². The van der Waals surface area contributed by atoms with Gasteiger partial charge in [-0.05, 0) is 47.7 Å². The SMILES string of the molecule is CC(C)(N)C(=O)N[C@@H]1Sc2ccccc2CN(Cc2ccc(-c3ccccc3CO)cc2)C1=O. The smallest absolute Gasteiger partial charge is 0.256 e. The van der Waals surface area contributed by atoms with Gasteiger partial charge in [0.15, 0.2) is 5.37 Å². The summed E-state index contributed by atoms with van der Waals surface area (Å²) in [6, 6.07) is 23.6. The van der Waals surface area contributed by atoms with Crippen molar-refractivity contribution in [2.75, 3.05) is 0 Å². The number of nitrogens with zero attached hydrogens (tertiary/aromatic N) is 1. The summed E-state index contributed by atoms with van der Waals surface area (Å²) < 4.78 is 0. The Hall–Kier alpha value is -3.13. The van der Waals surface area contributed by atoms with Gasteiger partial charge < -0.3 is 21.1 Å². The molecule has 1 atom stereocenters. The Morgan fingerprint density at radius 3 is 2.47 bits per heavy atom. The predicted octanol–water partition coefficient (Wildman–Crippen LogP) is 3.66. The molecule has 7 heteroatoms. The molecule has 1 aliphatic heterocycles. The van der Waals surface area contributed by atoms with Crippen molar-refractivity contribution in [3.63, 3.8) is 0 Å². The number of rotatable bonds is 6. The molecule has 0 aromatic heterocycles. The molecule has 1 aliphatic rings. The van der Waals surface area contributed by atoms with E-state index in [1.165, 1.54) is 11.8 Å². The third kappa shape index (κ3) is 5.33. The van der Waals surface area contributed by atoms with Crippen LogP contribution in [0.2, 0.25) is 0 Å². The van der Waals surface area contributed by atoms with Gasteiger partial charge in [-0.1, -0.05) is 78.5 Å². The summed E-state index contributed by atoms with van der Waals surface area (Å²) in [5.74, 6) is -0.530. The van der Waals surface area contributed by atoms with Gasteiger partial charge in [0, 0.05) is 18.0 Å². The normalized spacial score (nSPS) is 16.1. The van der Waals surface area contributed by atoms with Crippen LogP contribution >= 0.6 is 11.8 Å². The van der Waals surface area contributed by atoms with E-state index in [4.69, 9.17) is 5.73 Å². The van der Waals surface area contributed by atoms with Crippen molar-refractivity contribution < 1.29 is 14.7 Å². The Labute approximate surface area is 204 Å². The lowest BCUT2D eigenvalue weighted by Crippen LogP contribution is -2.54. The summed E-state index contributed by atoms with van der Waals surface area (Å²) in [4.78, 5) is 28.8. The molecule has 0 spiro atoms. The minimum Gasteiger partial charge on any atom is -0.392 e. The fourth-order valence-electron chi connectivity index (χ4n) is 3.86. The molecule has 3 aromatic rings. The maximum absolute atomic E-state index is 13.5. The largest absolute Gasteiger partial charge is 0.392 e. The molecular formula is C27H29N3O3S. The molecular weight excluding hydrogens is 446 g/mol. The summed E-state index contributed by atoms with van der Waals surface area (Å²) in [5, 5.41) is 11.7. The van der Waals surface area contributed by atoms with Crippen LogP contribution in [-0.4, -0.2) is 32.7 Å². The summed E-state index contributed by atoms with van der Waals surface area (Å²) >= 11 is 1.35. The van der Waals surface area contributed by atoms with Gasteiger partial charge in [-0.15, -0.1) is 0 Å². The summed E-state index contributed by atoms with van der Waals surface area (Å²) in [6.45, 7) is 4.08. The van der Waals surface area contributed by atoms with Crippen LogP contribution in [0.15, 0.2) is 77.7 Å². The molecule has 0 unspecified atom stereocenters. The number of hydrogen-bond acceptors (Lipinski definition) is 5. The van der Waals surface area contributed by atoms with E-state index >= 15 is 0 Å². The number of fused-ring (bicyclic) bond motifs is 1. The lowest BCUT2D eigenvalue weighted by Gasteiger charge is -2.27. The highest BCUT2D eigenvalue weighted by Gasteiger charge is 2.34. The zero-order valence-corrected chi connectivity index (χ0v) is 20.1. The maximum atomic E-state index is 13.5. The van der Waals surface area contributed by atoms with Crippen molar-refractivity contribution in [3.05, 3.63) is 89.5 Å². The lowest BCUT2D eigenvalue weighted by atomic mass is 9.99. The van der Waals surface area contributed by atoms with E-state index in [1.807, 2.05) is 72.8 Å². The molecule has 2 amide bonds. The van der Waals surface area contributed by atoms with Crippen molar-refractivity contribution in [2.24, 2.45) is 5.73 Å². The Morgan fingerprint density at radius 1 is 1.09 bits per heavy atom. The molecule has 176 valence electrons. The molecule has 4 rings (SSSR count). The van der Waals surface area contributed by atoms with Gasteiger partial charge in [-0.25, -0.2) is 0 Å². The van der Waals surface area contributed by atoms with E-state index < -0.39 is 10.9 Å². The van der Waals surface area contributed by atoms with Gasteiger partial charge in [-0.2, -0.15) is 0 Å². The fourth-order valence-corrected chi connectivity index (χ4v) is 4.97. The van der Waals surface area contributed by atoms with Gasteiger partial charge in [0.2, 0.25) is 5.91 Å². The van der Waals surface area contributed by atoms with Crippen molar-refractivity contribution in [2.45, 2.75) is 49.4 Å². The van der Waals surface area contributed by atoms with Gasteiger partial charge >= 0.3 is 0 Å². The molecule has 0 saturated carbocycles. The maximum Gasteiger partial charge on any atom is 0.256 e. The zero-order chi connectivity index (χ0) is 24.3. The third-order valence-electron chi connectivity index (χ3n) is 5.79. The number of aliphatic hydroxyl groups excluding tert-OH is 1. The van der Waals surface area contributed by atoms with Gasteiger partial charge in [0.1, 0.15) is 0 Å². The van der Waals surface area contributed by atoms with Crippen LogP contribution in [0, 0.1) is 0 Å². The topological polar surface area (TPSA) is 95.7 Å². The molecule has 0 fully saturated rings. The van der Waals surface area contributed by atoms with Crippen molar-refractivity contribution >= 4 is 23.6 Å². The molecule has 0 bridgehead atoms. The number of nitrogens with two attached hydrogens (primary N) is 1. The first-order chi connectivity index (χ1) is 16.3. The van der Waals surface area contributed by atoms with Crippen molar-refractivity contribution in [1.29, 1.82) is 0 Å². The first-order valence-corrected chi connectivity index (χ1v) is 12.1. The lowest BCUT2D eigenvalue weighted by molar-refractivity contribution is -0.135. The summed E-state index contributed by atoms with van der Waals surface area (Å²) in [6.07, 6.45) is 0. The van der Waals surface area contributed by atoms with Crippen LogP contribution in [0.4, 0.5) is 0 Å². The molecule has 4 N–H and O–H groups in total. The fraction of sp³-hybridized carbons (Fsp3) is 0.259. The minimum absolute atomic E-state index is 0.0238. The number of hydrogen-bond donors (Lipinski definition) is 3. The number of amides is 2. The van der Waals surface area contributed by atoms with Crippen molar-refractivity contribution in [3.8, 4) is 11.1 Å². The number of thioether (sulfide) groups is 1. The van der Waals surface area contributed by atoms with E-state index in [2.05, 4.69) is 5.32 Å². The monoisotopic (exact) mass is 475 g/mol. The van der Waals surface area contributed by atoms with E-state index in [0.717, 1.165) is 32.7 Å². The third-order valence-corrected chi connectivity index (χ3v) is 7.00. The molecule has 34 heavy (non-hydrogen) atoms. The van der Waals surface area contributed by atoms with Crippen LogP contribution in [0.1, 0.15) is 30.5 Å². The Kier molecular flexibility index (Phi) is 7.07. The summed E-state index contributed by atoms with van der Waals surface area (Å²) in [7, 11) is 0. The van der Waals surface area contributed by atoms with E-state index in [9.17, 15) is 14.7 Å². The Morgan fingerprint density at radius 2 is 1.76 bits per heavy atom. The van der Waals surface area contributed by atoms with Gasteiger partial charge in [0.25, 0.3) is 5.91 Å². The number of nitrogens with one attached hydrogen (secondary N) is 1. The Balaban J connectivity index is 1.58. The average molecular weight is 476 g/mol. The minimum atomic E-state index is -1.09. The highest BCUT2D eigenvalue weighted by Crippen LogP contribution is 2.33. The quantitative estimate of drug-likeness (QED) is 0.506. The van der Waals surface area contributed by atoms with Crippen LogP contribution in [-0.2, 0) is 29.3 Å². The molecule has 6 nitrogen and oxygen atoms in total. The van der Waals surface area contributed by atoms with Gasteiger partial charge in [0.05, 0.1) is 12.1 Å². The second-order valence-corrected chi connectivity index (χ2v) is 10.2. The number of carbonyl (C=O) groups is 2. The first kappa shape index (κ1) is 24.0. The zero-order valence-electron chi connectivity index (χ0n) is 19.3. The molecule has 3 aromatic carbocycles. The first-order valence-electron chi connectivity index (χ1n) is 11.2. The average Bonchev–Trinajstić information content (AvgIpc) is 2.95. The predicted molar refractivity (Wildman–Crippen MR) is 135 cm³/mol.